The fraction of sp³-hybridized carbons (Fsp3) is 0.290. The zero-order chi connectivity index (χ0) is 26.9. The number of benzene rings is 3. The normalized spacial score (nSPS) is 26.9. The lowest BCUT2D eigenvalue weighted by Gasteiger charge is -2.30. The molecule has 0 aromatic heterocycles. The van der Waals surface area contributed by atoms with Gasteiger partial charge in [-0.1, -0.05) is 66.7 Å². The van der Waals surface area contributed by atoms with E-state index < -0.39 is 23.4 Å². The van der Waals surface area contributed by atoms with Gasteiger partial charge >= 0.3 is 0 Å². The number of amides is 4. The van der Waals surface area contributed by atoms with E-state index in [4.69, 9.17) is 0 Å². The average Bonchev–Trinajstić information content (AvgIpc) is 3.65. The summed E-state index contributed by atoms with van der Waals surface area (Å²) in [5.41, 5.74) is 2.68. The van der Waals surface area contributed by atoms with E-state index in [0.717, 1.165) is 23.2 Å². The molecule has 3 aromatic rings. The van der Waals surface area contributed by atoms with E-state index in [2.05, 4.69) is 5.32 Å². The number of likely N-dealkylation sites (tertiary alicyclic amines) is 1. The molecule has 196 valence electrons. The lowest BCUT2D eigenvalue weighted by atomic mass is 9.76. The van der Waals surface area contributed by atoms with Crippen molar-refractivity contribution in [3.63, 3.8) is 0 Å². The third-order valence-corrected chi connectivity index (χ3v) is 8.77. The van der Waals surface area contributed by atoms with Gasteiger partial charge in [-0.3, -0.25) is 29.4 Å². The molecular weight excluding hydrogens is 492 g/mol. The van der Waals surface area contributed by atoms with E-state index in [0.29, 0.717) is 17.8 Å². The van der Waals surface area contributed by atoms with Crippen molar-refractivity contribution < 1.29 is 19.2 Å². The van der Waals surface area contributed by atoms with E-state index in [1.807, 2.05) is 85.8 Å². The first-order valence-electron chi connectivity index (χ1n) is 13.4. The molecule has 8 heteroatoms. The Balaban J connectivity index is 1.24. The van der Waals surface area contributed by atoms with Crippen molar-refractivity contribution in [2.45, 2.75) is 31.5 Å². The van der Waals surface area contributed by atoms with Gasteiger partial charge in [0.15, 0.2) is 0 Å². The van der Waals surface area contributed by atoms with Crippen LogP contribution in [0.2, 0.25) is 0 Å². The molecular formula is C31H28N4O4. The van der Waals surface area contributed by atoms with Gasteiger partial charge in [-0.25, -0.2) is 0 Å². The molecule has 0 unspecified atom stereocenters. The second kappa shape index (κ2) is 8.61. The highest BCUT2D eigenvalue weighted by Gasteiger charge is 2.70. The summed E-state index contributed by atoms with van der Waals surface area (Å²) >= 11 is 0. The number of nitrogens with zero attached hydrogens (tertiary/aromatic N) is 3. The maximum Gasteiger partial charge on any atom is 0.253 e. The van der Waals surface area contributed by atoms with Gasteiger partial charge in [-0.15, -0.1) is 0 Å². The summed E-state index contributed by atoms with van der Waals surface area (Å²) in [4.78, 5) is 60.1. The minimum atomic E-state index is -1.40. The Labute approximate surface area is 226 Å². The molecule has 0 saturated carbocycles. The van der Waals surface area contributed by atoms with Gasteiger partial charge in [0.2, 0.25) is 17.7 Å². The molecule has 3 aromatic carbocycles. The predicted molar refractivity (Wildman–Crippen MR) is 145 cm³/mol. The minimum Gasteiger partial charge on any atom is -0.310 e. The molecule has 4 aliphatic rings. The monoisotopic (exact) mass is 520 g/mol. The van der Waals surface area contributed by atoms with E-state index in [-0.39, 0.29) is 36.7 Å². The number of nitrogens with one attached hydrogen (secondary N) is 1. The van der Waals surface area contributed by atoms with Crippen molar-refractivity contribution in [1.29, 1.82) is 0 Å². The highest BCUT2D eigenvalue weighted by Crippen LogP contribution is 2.54. The van der Waals surface area contributed by atoms with Gasteiger partial charge in [0.25, 0.3) is 5.91 Å². The fourth-order valence-electron chi connectivity index (χ4n) is 7.07. The average molecular weight is 521 g/mol. The molecule has 0 bridgehead atoms. The molecule has 0 aliphatic carbocycles. The van der Waals surface area contributed by atoms with Gasteiger partial charge in [0.1, 0.15) is 12.1 Å². The number of hydrogen-bond donors (Lipinski definition) is 1. The Hall–Kier alpha value is -4.30. The SMILES string of the molecule is C[C@@H]1N[C@]2(C(=O)N(CC(=O)N3CCc4ccccc43)c3ccccc32)[C@H]2C(=O)N(Cc3ccccc3)C(=O)[C@@H]12. The van der Waals surface area contributed by atoms with Crippen molar-refractivity contribution in [1.82, 2.24) is 10.2 Å². The van der Waals surface area contributed by atoms with Gasteiger partial charge in [-0.2, -0.15) is 0 Å². The molecule has 1 spiro atoms. The summed E-state index contributed by atoms with van der Waals surface area (Å²) in [5, 5.41) is 3.39. The van der Waals surface area contributed by atoms with Crippen LogP contribution in [0.1, 0.15) is 23.6 Å². The van der Waals surface area contributed by atoms with Gasteiger partial charge in [0, 0.05) is 29.5 Å². The highest BCUT2D eigenvalue weighted by molar-refractivity contribution is 6.17. The summed E-state index contributed by atoms with van der Waals surface area (Å²) in [6.07, 6.45) is 0.771. The first-order chi connectivity index (χ1) is 18.9. The van der Waals surface area contributed by atoms with E-state index >= 15 is 0 Å². The smallest absolute Gasteiger partial charge is 0.253 e. The summed E-state index contributed by atoms with van der Waals surface area (Å²) < 4.78 is 0. The maximum atomic E-state index is 14.4. The number of fused-ring (bicyclic) bond motifs is 5. The fourth-order valence-corrected chi connectivity index (χ4v) is 7.07. The standard InChI is InChI=1S/C31H28N4O4/c1-19-26-27(29(38)35(28(26)37)17-20-9-3-2-4-10-20)31(32-19)22-12-6-8-14-24(22)34(30(31)39)18-25(36)33-16-15-21-11-5-7-13-23(21)33/h2-14,19,26-27,32H,15-18H2,1H3/t19-,26-,27+,31-/m0/s1. The molecule has 4 heterocycles. The zero-order valence-electron chi connectivity index (χ0n) is 21.5. The number of para-hydroxylation sites is 2. The Morgan fingerprint density at radius 1 is 0.872 bits per heavy atom. The Kier molecular flexibility index (Phi) is 5.25. The van der Waals surface area contributed by atoms with E-state index in [1.54, 1.807) is 4.90 Å². The Bertz CT molecular complexity index is 1540. The molecule has 4 amide bonds. The second-order valence-corrected chi connectivity index (χ2v) is 10.8. The van der Waals surface area contributed by atoms with Crippen LogP contribution in [-0.2, 0) is 37.7 Å². The second-order valence-electron chi connectivity index (χ2n) is 10.8. The number of imide groups is 1. The van der Waals surface area contributed by atoms with Crippen LogP contribution in [0.4, 0.5) is 11.4 Å². The van der Waals surface area contributed by atoms with Crippen LogP contribution in [0.5, 0.6) is 0 Å². The number of carbonyl (C=O) groups excluding carboxylic acids is 4. The number of carbonyl (C=O) groups is 4. The van der Waals surface area contributed by atoms with Crippen molar-refractivity contribution in [3.8, 4) is 0 Å². The highest BCUT2D eigenvalue weighted by atomic mass is 16.2. The van der Waals surface area contributed by atoms with Crippen LogP contribution in [0.3, 0.4) is 0 Å². The molecule has 0 radical (unpaired) electrons. The molecule has 39 heavy (non-hydrogen) atoms. The number of rotatable bonds is 4. The lowest BCUT2D eigenvalue weighted by Crippen LogP contribution is -2.55. The van der Waals surface area contributed by atoms with E-state index in [1.165, 1.54) is 9.80 Å². The van der Waals surface area contributed by atoms with Crippen molar-refractivity contribution >= 4 is 35.0 Å². The zero-order valence-corrected chi connectivity index (χ0v) is 21.5. The molecule has 4 aliphatic heterocycles. The molecule has 2 fully saturated rings. The van der Waals surface area contributed by atoms with E-state index in [9.17, 15) is 19.2 Å². The lowest BCUT2D eigenvalue weighted by molar-refractivity contribution is -0.143. The predicted octanol–water partition coefficient (Wildman–Crippen LogP) is 2.61. The minimum absolute atomic E-state index is 0.144. The Morgan fingerprint density at radius 3 is 2.36 bits per heavy atom. The third-order valence-electron chi connectivity index (χ3n) is 8.77. The van der Waals surface area contributed by atoms with Crippen molar-refractivity contribution in [2.75, 3.05) is 22.9 Å². The quantitative estimate of drug-likeness (QED) is 0.535. The maximum absolute atomic E-state index is 14.4. The van der Waals surface area contributed by atoms with Crippen LogP contribution >= 0.6 is 0 Å². The Morgan fingerprint density at radius 2 is 1.56 bits per heavy atom. The van der Waals surface area contributed by atoms with Crippen molar-refractivity contribution in [2.24, 2.45) is 11.8 Å². The van der Waals surface area contributed by atoms with Gasteiger partial charge in [0.05, 0.1) is 18.4 Å². The third kappa shape index (κ3) is 3.27. The topological polar surface area (TPSA) is 90.0 Å². The van der Waals surface area contributed by atoms with Crippen LogP contribution in [0, 0.1) is 11.8 Å². The largest absolute Gasteiger partial charge is 0.310 e. The summed E-state index contributed by atoms with van der Waals surface area (Å²) in [6.45, 7) is 2.44. The van der Waals surface area contributed by atoms with Crippen LogP contribution in [0.25, 0.3) is 0 Å². The van der Waals surface area contributed by atoms with Gasteiger partial charge in [-0.05, 0) is 36.6 Å². The first kappa shape index (κ1) is 23.8. The molecule has 8 nitrogen and oxygen atoms in total. The van der Waals surface area contributed by atoms with Gasteiger partial charge < -0.3 is 9.80 Å². The van der Waals surface area contributed by atoms with Crippen LogP contribution < -0.4 is 15.1 Å². The molecule has 4 atom stereocenters. The number of hydrogen-bond acceptors (Lipinski definition) is 5. The molecule has 2 saturated heterocycles. The van der Waals surface area contributed by atoms with Crippen molar-refractivity contribution in [3.05, 3.63) is 95.6 Å². The first-order valence-corrected chi connectivity index (χ1v) is 13.4. The molecule has 1 N–H and O–H groups in total. The number of anilines is 2. The van der Waals surface area contributed by atoms with Crippen LogP contribution in [-0.4, -0.2) is 47.7 Å². The summed E-state index contributed by atoms with van der Waals surface area (Å²) in [7, 11) is 0. The summed E-state index contributed by atoms with van der Waals surface area (Å²) in [6, 6.07) is 24.1. The molecule has 7 rings (SSSR count). The summed E-state index contributed by atoms with van der Waals surface area (Å²) in [5.74, 6) is -2.70. The van der Waals surface area contributed by atoms with Crippen LogP contribution in [0.15, 0.2) is 78.9 Å².